The van der Waals surface area contributed by atoms with Gasteiger partial charge < -0.3 is 10.2 Å². The summed E-state index contributed by atoms with van der Waals surface area (Å²) in [5.74, 6) is 0.525. The third kappa shape index (κ3) is 3.91. The van der Waals surface area contributed by atoms with E-state index in [-0.39, 0.29) is 5.82 Å². The van der Waals surface area contributed by atoms with Crippen molar-refractivity contribution in [3.8, 4) is 0 Å². The Kier molecular flexibility index (Phi) is 4.77. The van der Waals surface area contributed by atoms with Crippen LogP contribution >= 0.6 is 0 Å². The molecule has 2 rings (SSSR count). The molecule has 0 aromatic heterocycles. The van der Waals surface area contributed by atoms with Crippen LogP contribution in [-0.2, 0) is 0 Å². The van der Waals surface area contributed by atoms with E-state index in [1.807, 2.05) is 6.07 Å². The van der Waals surface area contributed by atoms with Crippen molar-refractivity contribution in [1.82, 2.24) is 9.80 Å². The molecular formula is C15H24FN3. The first-order valence-electron chi connectivity index (χ1n) is 6.94. The minimum atomic E-state index is -0.188. The molecule has 0 amide bonds. The number of nitrogens with one attached hydrogen (secondary N) is 1. The van der Waals surface area contributed by atoms with E-state index in [4.69, 9.17) is 0 Å². The number of likely N-dealkylation sites (tertiary alicyclic amines) is 1. The summed E-state index contributed by atoms with van der Waals surface area (Å²) < 4.78 is 13.0. The number of benzene rings is 1. The van der Waals surface area contributed by atoms with E-state index in [2.05, 4.69) is 36.1 Å². The number of likely N-dealkylation sites (N-methyl/N-ethyl adjacent to an activating group) is 1. The highest BCUT2D eigenvalue weighted by molar-refractivity contribution is 5.42. The SMILES string of the molecule is CC1CN(CCNc2cccc(F)c2)CC1N(C)C. The number of nitrogens with zero attached hydrogens (tertiary/aromatic N) is 2. The van der Waals surface area contributed by atoms with Crippen LogP contribution in [0.1, 0.15) is 6.92 Å². The third-order valence-electron chi connectivity index (χ3n) is 3.89. The molecule has 1 N–H and O–H groups in total. The van der Waals surface area contributed by atoms with Crippen molar-refractivity contribution in [3.05, 3.63) is 30.1 Å². The topological polar surface area (TPSA) is 18.5 Å². The van der Waals surface area contributed by atoms with Crippen LogP contribution < -0.4 is 5.32 Å². The molecule has 1 aromatic rings. The Bertz CT molecular complexity index is 408. The van der Waals surface area contributed by atoms with Gasteiger partial charge in [0, 0.05) is 37.9 Å². The lowest BCUT2D eigenvalue weighted by atomic mass is 10.1. The normalized spacial score (nSPS) is 24.1. The van der Waals surface area contributed by atoms with E-state index < -0.39 is 0 Å². The number of halogens is 1. The largest absolute Gasteiger partial charge is 0.384 e. The molecule has 1 heterocycles. The Labute approximate surface area is 115 Å². The van der Waals surface area contributed by atoms with Crippen molar-refractivity contribution in [3.63, 3.8) is 0 Å². The predicted octanol–water partition coefficient (Wildman–Crippen LogP) is 2.12. The molecule has 2 unspecified atom stereocenters. The number of rotatable bonds is 5. The van der Waals surface area contributed by atoms with Crippen LogP contribution in [0.4, 0.5) is 10.1 Å². The zero-order valence-corrected chi connectivity index (χ0v) is 12.1. The minimum absolute atomic E-state index is 0.188. The van der Waals surface area contributed by atoms with Crippen molar-refractivity contribution in [2.45, 2.75) is 13.0 Å². The highest BCUT2D eigenvalue weighted by atomic mass is 19.1. The van der Waals surface area contributed by atoms with Gasteiger partial charge >= 0.3 is 0 Å². The highest BCUT2D eigenvalue weighted by Gasteiger charge is 2.30. The molecule has 1 fully saturated rings. The van der Waals surface area contributed by atoms with Crippen LogP contribution in [0.15, 0.2) is 24.3 Å². The third-order valence-corrected chi connectivity index (χ3v) is 3.89. The Morgan fingerprint density at radius 2 is 2.16 bits per heavy atom. The van der Waals surface area contributed by atoms with Gasteiger partial charge in [0.05, 0.1) is 0 Å². The van der Waals surface area contributed by atoms with Gasteiger partial charge in [0.15, 0.2) is 0 Å². The van der Waals surface area contributed by atoms with Crippen molar-refractivity contribution in [2.75, 3.05) is 45.6 Å². The monoisotopic (exact) mass is 265 g/mol. The fourth-order valence-electron chi connectivity index (χ4n) is 2.86. The van der Waals surface area contributed by atoms with Gasteiger partial charge in [0.1, 0.15) is 5.82 Å². The second-order valence-electron chi connectivity index (χ2n) is 5.70. The molecular weight excluding hydrogens is 241 g/mol. The Hall–Kier alpha value is -1.13. The number of hydrogen-bond acceptors (Lipinski definition) is 3. The van der Waals surface area contributed by atoms with Crippen LogP contribution in [-0.4, -0.2) is 56.1 Å². The molecule has 0 radical (unpaired) electrons. The minimum Gasteiger partial charge on any atom is -0.384 e. The molecule has 0 bridgehead atoms. The van der Waals surface area contributed by atoms with Gasteiger partial charge in [0.25, 0.3) is 0 Å². The van der Waals surface area contributed by atoms with Crippen LogP contribution in [0.2, 0.25) is 0 Å². The molecule has 0 aliphatic carbocycles. The molecule has 4 heteroatoms. The second-order valence-corrected chi connectivity index (χ2v) is 5.70. The first-order chi connectivity index (χ1) is 9.06. The fraction of sp³-hybridized carbons (Fsp3) is 0.600. The molecule has 1 aromatic carbocycles. The van der Waals surface area contributed by atoms with Gasteiger partial charge in [-0.15, -0.1) is 0 Å². The van der Waals surface area contributed by atoms with Gasteiger partial charge in [-0.25, -0.2) is 4.39 Å². The average Bonchev–Trinajstić information content (AvgIpc) is 2.71. The first-order valence-corrected chi connectivity index (χ1v) is 6.94. The van der Waals surface area contributed by atoms with Crippen LogP contribution in [0.5, 0.6) is 0 Å². The van der Waals surface area contributed by atoms with Crippen LogP contribution in [0, 0.1) is 11.7 Å². The highest BCUT2D eigenvalue weighted by Crippen LogP contribution is 2.19. The van der Waals surface area contributed by atoms with E-state index in [1.165, 1.54) is 12.1 Å². The van der Waals surface area contributed by atoms with E-state index in [0.29, 0.717) is 12.0 Å². The molecule has 2 atom stereocenters. The summed E-state index contributed by atoms with van der Waals surface area (Å²) in [7, 11) is 4.30. The van der Waals surface area contributed by atoms with E-state index in [1.54, 1.807) is 6.07 Å². The Balaban J connectivity index is 1.75. The maximum absolute atomic E-state index is 13.0. The molecule has 106 valence electrons. The standard InChI is InChI=1S/C15H24FN3/c1-12-10-19(11-15(12)18(2)3)8-7-17-14-6-4-5-13(16)9-14/h4-6,9,12,15,17H,7-8,10-11H2,1-3H3. The number of anilines is 1. The maximum Gasteiger partial charge on any atom is 0.125 e. The number of hydrogen-bond donors (Lipinski definition) is 1. The molecule has 3 nitrogen and oxygen atoms in total. The van der Waals surface area contributed by atoms with Crippen molar-refractivity contribution >= 4 is 5.69 Å². The summed E-state index contributed by atoms with van der Waals surface area (Å²) in [6.07, 6.45) is 0. The van der Waals surface area contributed by atoms with E-state index >= 15 is 0 Å². The predicted molar refractivity (Wildman–Crippen MR) is 78.0 cm³/mol. The summed E-state index contributed by atoms with van der Waals surface area (Å²) in [5.41, 5.74) is 0.858. The van der Waals surface area contributed by atoms with Crippen LogP contribution in [0.3, 0.4) is 0 Å². The summed E-state index contributed by atoms with van der Waals surface area (Å²) >= 11 is 0. The van der Waals surface area contributed by atoms with E-state index in [9.17, 15) is 4.39 Å². The van der Waals surface area contributed by atoms with Crippen molar-refractivity contribution in [2.24, 2.45) is 5.92 Å². The van der Waals surface area contributed by atoms with Crippen molar-refractivity contribution in [1.29, 1.82) is 0 Å². The zero-order valence-electron chi connectivity index (χ0n) is 12.1. The quantitative estimate of drug-likeness (QED) is 0.880. The summed E-state index contributed by atoms with van der Waals surface area (Å²) in [6, 6.07) is 7.29. The van der Waals surface area contributed by atoms with Gasteiger partial charge in [-0.3, -0.25) is 4.90 Å². The van der Waals surface area contributed by atoms with Gasteiger partial charge in [-0.2, -0.15) is 0 Å². The van der Waals surface area contributed by atoms with E-state index in [0.717, 1.165) is 31.9 Å². The zero-order chi connectivity index (χ0) is 13.8. The van der Waals surface area contributed by atoms with Gasteiger partial charge in [-0.1, -0.05) is 13.0 Å². The molecule has 1 aliphatic heterocycles. The Morgan fingerprint density at radius 3 is 2.79 bits per heavy atom. The molecule has 0 spiro atoms. The summed E-state index contributed by atoms with van der Waals surface area (Å²) in [6.45, 7) is 6.44. The first kappa shape index (κ1) is 14.3. The van der Waals surface area contributed by atoms with Crippen LogP contribution in [0.25, 0.3) is 0 Å². The van der Waals surface area contributed by atoms with Crippen molar-refractivity contribution < 1.29 is 4.39 Å². The average molecular weight is 265 g/mol. The summed E-state index contributed by atoms with van der Waals surface area (Å²) in [4.78, 5) is 4.78. The van der Waals surface area contributed by atoms with Gasteiger partial charge in [0.2, 0.25) is 0 Å². The summed E-state index contributed by atoms with van der Waals surface area (Å²) in [5, 5.41) is 3.28. The molecule has 1 saturated heterocycles. The lowest BCUT2D eigenvalue weighted by Crippen LogP contribution is -2.35. The lowest BCUT2D eigenvalue weighted by Gasteiger charge is -2.22. The Morgan fingerprint density at radius 1 is 1.37 bits per heavy atom. The maximum atomic E-state index is 13.0. The molecule has 1 aliphatic rings. The van der Waals surface area contributed by atoms with Gasteiger partial charge in [-0.05, 0) is 38.2 Å². The lowest BCUT2D eigenvalue weighted by molar-refractivity contribution is 0.254. The second kappa shape index (κ2) is 6.35. The fourth-order valence-corrected chi connectivity index (χ4v) is 2.86. The smallest absolute Gasteiger partial charge is 0.125 e. The molecule has 19 heavy (non-hydrogen) atoms. The molecule has 0 saturated carbocycles.